The Morgan fingerprint density at radius 1 is 1.47 bits per heavy atom. The monoisotopic (exact) mass is 235 g/mol. The van der Waals surface area contributed by atoms with Crippen molar-refractivity contribution in [1.29, 1.82) is 0 Å². The molecule has 0 bridgehead atoms. The maximum Gasteiger partial charge on any atom is 0.338 e. The molecule has 0 saturated heterocycles. The van der Waals surface area contributed by atoms with E-state index < -0.39 is 0 Å². The topological polar surface area (TPSA) is 61.5 Å². The van der Waals surface area contributed by atoms with Gasteiger partial charge in [0.25, 0.3) is 0 Å². The molecule has 0 radical (unpaired) electrons. The highest BCUT2D eigenvalue weighted by Crippen LogP contribution is 2.32. The predicted octanol–water partition coefficient (Wildman–Crippen LogP) is 1.73. The van der Waals surface area contributed by atoms with Crippen LogP contribution in [0.4, 0.5) is 0 Å². The van der Waals surface area contributed by atoms with Crippen molar-refractivity contribution in [3.05, 3.63) is 29.8 Å². The Bertz CT molecular complexity index is 413. The molecule has 1 fully saturated rings. The van der Waals surface area contributed by atoms with Crippen LogP contribution < -0.4 is 10.5 Å². The summed E-state index contributed by atoms with van der Waals surface area (Å²) in [5.41, 5.74) is 6.28. The number of esters is 1. The molecule has 1 aromatic rings. The summed E-state index contributed by atoms with van der Waals surface area (Å²) in [6.07, 6.45) is 2.01. The van der Waals surface area contributed by atoms with Crippen molar-refractivity contribution in [3.63, 3.8) is 0 Å². The second-order valence-corrected chi connectivity index (χ2v) is 4.40. The number of hydrogen-bond donors (Lipinski definition) is 1. The van der Waals surface area contributed by atoms with Crippen LogP contribution in [0.2, 0.25) is 0 Å². The fourth-order valence-electron chi connectivity index (χ4n) is 1.46. The number of benzene rings is 1. The number of ether oxygens (including phenoxy) is 2. The molecule has 17 heavy (non-hydrogen) atoms. The molecule has 1 saturated carbocycles. The minimum Gasteiger partial charge on any atom is -0.492 e. The van der Waals surface area contributed by atoms with E-state index in [4.69, 9.17) is 15.2 Å². The highest BCUT2D eigenvalue weighted by Gasteiger charge is 2.39. The zero-order valence-electron chi connectivity index (χ0n) is 9.94. The minimum atomic E-state index is -0.327. The largest absolute Gasteiger partial charge is 0.492 e. The van der Waals surface area contributed by atoms with E-state index >= 15 is 0 Å². The number of hydrogen-bond acceptors (Lipinski definition) is 4. The fraction of sp³-hybridized carbons (Fsp3) is 0.462. The molecule has 1 aliphatic rings. The van der Waals surface area contributed by atoms with E-state index in [-0.39, 0.29) is 11.5 Å². The lowest BCUT2D eigenvalue weighted by atomic mass is 10.2. The predicted molar refractivity (Wildman–Crippen MR) is 64.0 cm³/mol. The van der Waals surface area contributed by atoms with Gasteiger partial charge >= 0.3 is 5.97 Å². The van der Waals surface area contributed by atoms with Gasteiger partial charge in [0.15, 0.2) is 0 Å². The first-order valence-electron chi connectivity index (χ1n) is 5.82. The van der Waals surface area contributed by atoms with Gasteiger partial charge in [0.1, 0.15) is 12.4 Å². The Morgan fingerprint density at radius 3 is 2.88 bits per heavy atom. The van der Waals surface area contributed by atoms with Gasteiger partial charge in [-0.3, -0.25) is 0 Å². The molecule has 4 nitrogen and oxygen atoms in total. The van der Waals surface area contributed by atoms with Gasteiger partial charge < -0.3 is 15.2 Å². The number of carbonyl (C=O) groups is 1. The third-order valence-corrected chi connectivity index (χ3v) is 2.76. The summed E-state index contributed by atoms with van der Waals surface area (Å²) < 4.78 is 10.5. The lowest BCUT2D eigenvalue weighted by molar-refractivity contribution is 0.0526. The average molecular weight is 235 g/mol. The highest BCUT2D eigenvalue weighted by molar-refractivity contribution is 5.89. The zero-order chi connectivity index (χ0) is 12.3. The van der Waals surface area contributed by atoms with Crippen molar-refractivity contribution in [2.24, 2.45) is 5.73 Å². The van der Waals surface area contributed by atoms with E-state index in [1.165, 1.54) is 0 Å². The van der Waals surface area contributed by atoms with E-state index in [1.54, 1.807) is 25.1 Å². The lowest BCUT2D eigenvalue weighted by Crippen LogP contribution is -2.29. The second kappa shape index (κ2) is 4.75. The molecule has 0 atom stereocenters. The summed E-state index contributed by atoms with van der Waals surface area (Å²) >= 11 is 0. The fourth-order valence-corrected chi connectivity index (χ4v) is 1.46. The van der Waals surface area contributed by atoms with Crippen molar-refractivity contribution >= 4 is 5.97 Å². The van der Waals surface area contributed by atoms with Crippen molar-refractivity contribution in [2.75, 3.05) is 13.2 Å². The highest BCUT2D eigenvalue weighted by atomic mass is 16.5. The summed E-state index contributed by atoms with van der Waals surface area (Å²) in [5, 5.41) is 0. The van der Waals surface area contributed by atoms with Crippen molar-refractivity contribution in [1.82, 2.24) is 0 Å². The van der Waals surface area contributed by atoms with Crippen molar-refractivity contribution < 1.29 is 14.3 Å². The SMILES string of the molecule is CCOC(=O)c1cccc(OCC2(N)CC2)c1. The third kappa shape index (κ3) is 3.20. The molecule has 92 valence electrons. The molecule has 0 aromatic heterocycles. The average Bonchev–Trinajstić information content (AvgIpc) is 3.06. The molecule has 0 spiro atoms. The Balaban J connectivity index is 1.98. The Labute approximate surface area is 101 Å². The first kappa shape index (κ1) is 11.9. The molecule has 2 rings (SSSR count). The van der Waals surface area contributed by atoms with Crippen LogP contribution in [0.1, 0.15) is 30.1 Å². The lowest BCUT2D eigenvalue weighted by Gasteiger charge is -2.11. The molecule has 1 aromatic carbocycles. The molecule has 0 aliphatic heterocycles. The molecular weight excluding hydrogens is 218 g/mol. The van der Waals surface area contributed by atoms with E-state index in [2.05, 4.69) is 0 Å². The van der Waals surface area contributed by atoms with Gasteiger partial charge in [-0.05, 0) is 38.0 Å². The summed E-state index contributed by atoms with van der Waals surface area (Å²) in [4.78, 5) is 11.5. The van der Waals surface area contributed by atoms with Gasteiger partial charge in [-0.25, -0.2) is 4.79 Å². The maximum absolute atomic E-state index is 11.5. The van der Waals surface area contributed by atoms with Gasteiger partial charge in [-0.15, -0.1) is 0 Å². The minimum absolute atomic E-state index is 0.153. The van der Waals surface area contributed by atoms with Gasteiger partial charge in [-0.2, -0.15) is 0 Å². The number of carbonyl (C=O) groups excluding carboxylic acids is 1. The van der Waals surface area contributed by atoms with Crippen LogP contribution in [0, 0.1) is 0 Å². The van der Waals surface area contributed by atoms with E-state index in [0.717, 1.165) is 12.8 Å². The van der Waals surface area contributed by atoms with Gasteiger partial charge in [0.2, 0.25) is 0 Å². The number of nitrogens with two attached hydrogens (primary N) is 1. The van der Waals surface area contributed by atoms with Crippen molar-refractivity contribution in [2.45, 2.75) is 25.3 Å². The summed E-state index contributed by atoms with van der Waals surface area (Å²) in [5.74, 6) is 0.333. The van der Waals surface area contributed by atoms with Crippen LogP contribution >= 0.6 is 0 Å². The van der Waals surface area contributed by atoms with Crippen LogP contribution in [0.3, 0.4) is 0 Å². The van der Waals surface area contributed by atoms with Crippen LogP contribution in [0.25, 0.3) is 0 Å². The third-order valence-electron chi connectivity index (χ3n) is 2.76. The molecule has 0 amide bonds. The van der Waals surface area contributed by atoms with Crippen molar-refractivity contribution in [3.8, 4) is 5.75 Å². The molecule has 2 N–H and O–H groups in total. The standard InChI is InChI=1S/C13H17NO3/c1-2-16-12(15)10-4-3-5-11(8-10)17-9-13(14)6-7-13/h3-5,8H,2,6-7,9,14H2,1H3. The first-order valence-corrected chi connectivity index (χ1v) is 5.82. The van der Waals surface area contributed by atoms with E-state index in [1.807, 2.05) is 6.07 Å². The first-order chi connectivity index (χ1) is 8.13. The Kier molecular flexibility index (Phi) is 3.33. The van der Waals surface area contributed by atoms with E-state index in [0.29, 0.717) is 24.5 Å². The quantitative estimate of drug-likeness (QED) is 0.789. The Morgan fingerprint density at radius 2 is 2.24 bits per heavy atom. The van der Waals surface area contributed by atoms with Gasteiger partial charge in [0.05, 0.1) is 17.7 Å². The summed E-state index contributed by atoms with van der Waals surface area (Å²) in [7, 11) is 0. The zero-order valence-corrected chi connectivity index (χ0v) is 9.94. The van der Waals surface area contributed by atoms with Gasteiger partial charge in [-0.1, -0.05) is 6.07 Å². The number of rotatable bonds is 5. The summed E-state index contributed by atoms with van der Waals surface area (Å²) in [6, 6.07) is 6.98. The van der Waals surface area contributed by atoms with Crippen LogP contribution in [0.5, 0.6) is 5.75 Å². The van der Waals surface area contributed by atoms with E-state index in [9.17, 15) is 4.79 Å². The molecular formula is C13H17NO3. The smallest absolute Gasteiger partial charge is 0.338 e. The normalized spacial score (nSPS) is 16.4. The molecule has 0 unspecified atom stereocenters. The van der Waals surface area contributed by atoms with Crippen LogP contribution in [-0.4, -0.2) is 24.7 Å². The molecule has 0 heterocycles. The van der Waals surface area contributed by atoms with Crippen LogP contribution in [-0.2, 0) is 4.74 Å². The molecule has 4 heteroatoms. The van der Waals surface area contributed by atoms with Crippen LogP contribution in [0.15, 0.2) is 24.3 Å². The Hall–Kier alpha value is -1.55. The van der Waals surface area contributed by atoms with Gasteiger partial charge in [0, 0.05) is 0 Å². The maximum atomic E-state index is 11.5. The second-order valence-electron chi connectivity index (χ2n) is 4.40. The molecule has 1 aliphatic carbocycles. The summed E-state index contributed by atoms with van der Waals surface area (Å²) in [6.45, 7) is 2.65.